The highest BCUT2D eigenvalue weighted by Crippen LogP contribution is 2.23. The molecule has 0 fully saturated rings. The minimum Gasteiger partial charge on any atom is -0.332 e. The minimum atomic E-state index is -0.535. The molecule has 0 spiro atoms. The number of carbonyl (C=O) groups excluding carboxylic acids is 1. The van der Waals surface area contributed by atoms with Crippen LogP contribution in [0.1, 0.15) is 10.5 Å². The largest absolute Gasteiger partial charge is 0.332 e. The summed E-state index contributed by atoms with van der Waals surface area (Å²) in [6, 6.07) is 13.5. The molecule has 0 saturated carbocycles. The Kier molecular flexibility index (Phi) is 4.55. The zero-order valence-electron chi connectivity index (χ0n) is 11.7. The fraction of sp³-hybridized carbons (Fsp3) is 0. The molecule has 0 aliphatic heterocycles. The molecule has 116 valence electrons. The third-order valence-electron chi connectivity index (χ3n) is 2.94. The van der Waals surface area contributed by atoms with Gasteiger partial charge in [0.2, 0.25) is 0 Å². The Bertz CT molecular complexity index is 838. The average molecular weight is 348 g/mol. The van der Waals surface area contributed by atoms with Crippen molar-refractivity contribution in [2.45, 2.75) is 0 Å². The second-order valence-electron chi connectivity index (χ2n) is 4.61. The zero-order valence-corrected chi connectivity index (χ0v) is 13.3. The van der Waals surface area contributed by atoms with Crippen molar-refractivity contribution in [1.29, 1.82) is 0 Å². The second kappa shape index (κ2) is 6.76. The summed E-state index contributed by atoms with van der Waals surface area (Å²) in [5.74, 6) is -0.919. The van der Waals surface area contributed by atoms with Crippen molar-refractivity contribution in [1.82, 2.24) is 4.98 Å². The topological polar surface area (TPSA) is 54.0 Å². The molecule has 3 aromatic rings. The predicted molar refractivity (Wildman–Crippen MR) is 91.2 cm³/mol. The highest BCUT2D eigenvalue weighted by Gasteiger charge is 2.12. The molecular formula is C16H11ClFN3OS. The number of amides is 1. The molecule has 0 bridgehead atoms. The zero-order chi connectivity index (χ0) is 16.2. The van der Waals surface area contributed by atoms with Crippen molar-refractivity contribution in [2.24, 2.45) is 0 Å². The molecule has 0 aliphatic carbocycles. The number of hydrogen-bond acceptors (Lipinski definition) is 4. The van der Waals surface area contributed by atoms with Gasteiger partial charge in [0.1, 0.15) is 11.5 Å². The molecule has 4 nitrogen and oxygen atoms in total. The number of hydrogen-bond donors (Lipinski definition) is 2. The van der Waals surface area contributed by atoms with Crippen molar-refractivity contribution < 1.29 is 9.18 Å². The van der Waals surface area contributed by atoms with Crippen molar-refractivity contribution in [2.75, 3.05) is 10.6 Å². The summed E-state index contributed by atoms with van der Waals surface area (Å²) in [6.07, 6.45) is 0. The third-order valence-corrected chi connectivity index (χ3v) is 3.99. The first-order chi connectivity index (χ1) is 11.1. The van der Waals surface area contributed by atoms with E-state index in [-0.39, 0.29) is 16.6 Å². The van der Waals surface area contributed by atoms with E-state index in [1.807, 2.05) is 30.3 Å². The van der Waals surface area contributed by atoms with E-state index < -0.39 is 5.82 Å². The normalized spacial score (nSPS) is 10.3. The number of benzene rings is 2. The lowest BCUT2D eigenvalue weighted by molar-refractivity contribution is 0.102. The first-order valence-corrected chi connectivity index (χ1v) is 7.91. The van der Waals surface area contributed by atoms with Gasteiger partial charge in [-0.15, -0.1) is 11.3 Å². The van der Waals surface area contributed by atoms with Gasteiger partial charge in [-0.3, -0.25) is 4.79 Å². The molecule has 0 radical (unpaired) electrons. The quantitative estimate of drug-likeness (QED) is 0.703. The number of carbonyl (C=O) groups is 1. The number of nitrogens with one attached hydrogen (secondary N) is 2. The number of nitrogens with zero attached hydrogens (tertiary/aromatic N) is 1. The Morgan fingerprint density at radius 3 is 2.65 bits per heavy atom. The van der Waals surface area contributed by atoms with Crippen LogP contribution < -0.4 is 10.6 Å². The van der Waals surface area contributed by atoms with E-state index in [2.05, 4.69) is 15.6 Å². The highest BCUT2D eigenvalue weighted by molar-refractivity contribution is 7.14. The SMILES string of the molecule is O=C(Nc1ccc(F)c(Cl)c1)c1csc(Nc2ccccc2)n1. The maximum atomic E-state index is 13.1. The Balaban J connectivity index is 1.69. The van der Waals surface area contributed by atoms with Crippen LogP contribution in [0.4, 0.5) is 20.9 Å². The fourth-order valence-corrected chi connectivity index (χ4v) is 2.74. The van der Waals surface area contributed by atoms with Crippen LogP contribution in [0.3, 0.4) is 0 Å². The summed E-state index contributed by atoms with van der Waals surface area (Å²) in [6.45, 7) is 0. The summed E-state index contributed by atoms with van der Waals surface area (Å²) < 4.78 is 13.1. The Morgan fingerprint density at radius 2 is 1.91 bits per heavy atom. The van der Waals surface area contributed by atoms with Crippen molar-refractivity contribution in [3.63, 3.8) is 0 Å². The van der Waals surface area contributed by atoms with Crippen molar-refractivity contribution in [3.05, 3.63) is 70.4 Å². The standard InChI is InChI=1S/C16H11ClFN3OS/c17-12-8-11(6-7-13(12)18)19-15(22)14-9-23-16(21-14)20-10-4-2-1-3-5-10/h1-9H,(H,19,22)(H,20,21). The van der Waals surface area contributed by atoms with Crippen LogP contribution in [0.25, 0.3) is 0 Å². The van der Waals surface area contributed by atoms with Gasteiger partial charge in [-0.1, -0.05) is 29.8 Å². The monoisotopic (exact) mass is 347 g/mol. The highest BCUT2D eigenvalue weighted by atomic mass is 35.5. The van der Waals surface area contributed by atoms with Crippen LogP contribution in [0, 0.1) is 5.82 Å². The molecule has 0 unspecified atom stereocenters. The summed E-state index contributed by atoms with van der Waals surface area (Å²) in [5.41, 5.74) is 1.57. The van der Waals surface area contributed by atoms with Gasteiger partial charge in [0.15, 0.2) is 5.13 Å². The van der Waals surface area contributed by atoms with Gasteiger partial charge in [-0.25, -0.2) is 9.37 Å². The molecule has 0 aliphatic rings. The number of thiazole rings is 1. The van der Waals surface area contributed by atoms with Crippen molar-refractivity contribution >= 4 is 45.4 Å². The molecule has 3 rings (SSSR count). The van der Waals surface area contributed by atoms with E-state index in [0.717, 1.165) is 5.69 Å². The number of aromatic nitrogens is 1. The molecule has 0 atom stereocenters. The molecule has 2 aromatic carbocycles. The maximum Gasteiger partial charge on any atom is 0.275 e. The van der Waals surface area contributed by atoms with Crippen LogP contribution >= 0.6 is 22.9 Å². The van der Waals surface area contributed by atoms with Crippen LogP contribution in [-0.4, -0.2) is 10.9 Å². The van der Waals surface area contributed by atoms with E-state index >= 15 is 0 Å². The number of rotatable bonds is 4. The van der Waals surface area contributed by atoms with Gasteiger partial charge >= 0.3 is 0 Å². The van der Waals surface area contributed by atoms with Gasteiger partial charge in [0, 0.05) is 16.8 Å². The van der Waals surface area contributed by atoms with Crippen molar-refractivity contribution in [3.8, 4) is 0 Å². The summed E-state index contributed by atoms with van der Waals surface area (Å²) >= 11 is 7.01. The lowest BCUT2D eigenvalue weighted by atomic mass is 10.3. The van der Waals surface area contributed by atoms with Gasteiger partial charge in [0.05, 0.1) is 5.02 Å². The molecule has 23 heavy (non-hydrogen) atoms. The maximum absolute atomic E-state index is 13.1. The van der Waals surface area contributed by atoms with Crippen LogP contribution in [0.5, 0.6) is 0 Å². The lowest BCUT2D eigenvalue weighted by Crippen LogP contribution is -2.12. The Morgan fingerprint density at radius 1 is 1.13 bits per heavy atom. The fourth-order valence-electron chi connectivity index (χ4n) is 1.85. The molecule has 1 heterocycles. The summed E-state index contributed by atoms with van der Waals surface area (Å²) in [7, 11) is 0. The molecule has 7 heteroatoms. The molecule has 0 saturated heterocycles. The third kappa shape index (κ3) is 3.85. The van der Waals surface area contributed by atoms with Crippen LogP contribution in [0.2, 0.25) is 5.02 Å². The van der Waals surface area contributed by atoms with Gasteiger partial charge in [-0.2, -0.15) is 0 Å². The molecule has 1 aromatic heterocycles. The number of para-hydroxylation sites is 1. The number of halogens is 2. The number of anilines is 3. The van der Waals surface area contributed by atoms with E-state index in [0.29, 0.717) is 10.8 Å². The Labute approximate surface area is 141 Å². The second-order valence-corrected chi connectivity index (χ2v) is 5.88. The minimum absolute atomic E-state index is 0.0486. The van der Waals surface area contributed by atoms with Gasteiger partial charge < -0.3 is 10.6 Å². The van der Waals surface area contributed by atoms with E-state index in [1.165, 1.54) is 29.5 Å². The first-order valence-electron chi connectivity index (χ1n) is 6.66. The van der Waals surface area contributed by atoms with Gasteiger partial charge in [-0.05, 0) is 30.3 Å². The smallest absolute Gasteiger partial charge is 0.275 e. The first kappa shape index (κ1) is 15.5. The van der Waals surface area contributed by atoms with Crippen LogP contribution in [-0.2, 0) is 0 Å². The lowest BCUT2D eigenvalue weighted by Gasteiger charge is -2.04. The van der Waals surface area contributed by atoms with Crippen LogP contribution in [0.15, 0.2) is 53.9 Å². The summed E-state index contributed by atoms with van der Waals surface area (Å²) in [4.78, 5) is 16.4. The average Bonchev–Trinajstić information content (AvgIpc) is 3.00. The molecular weight excluding hydrogens is 337 g/mol. The summed E-state index contributed by atoms with van der Waals surface area (Å²) in [5, 5.41) is 7.95. The molecule has 1 amide bonds. The Hall–Kier alpha value is -2.44. The molecule has 2 N–H and O–H groups in total. The van der Waals surface area contributed by atoms with E-state index in [4.69, 9.17) is 11.6 Å². The van der Waals surface area contributed by atoms with E-state index in [9.17, 15) is 9.18 Å². The van der Waals surface area contributed by atoms with E-state index in [1.54, 1.807) is 5.38 Å². The predicted octanol–water partition coefficient (Wildman–Crippen LogP) is 4.93. The van der Waals surface area contributed by atoms with Gasteiger partial charge in [0.25, 0.3) is 5.91 Å².